The molecule has 6 heteroatoms. The van der Waals surface area contributed by atoms with Crippen LogP contribution in [0.5, 0.6) is 5.75 Å². The number of hydrogen-bond donors (Lipinski definition) is 1. The molecule has 0 aliphatic rings. The number of rotatable bonds is 2. The Balaban J connectivity index is 3.22. The third-order valence-electron chi connectivity index (χ3n) is 1.60. The number of aromatic hydroxyl groups is 1. The van der Waals surface area contributed by atoms with Crippen molar-refractivity contribution in [3.05, 3.63) is 28.3 Å². The lowest BCUT2D eigenvalue weighted by Crippen LogP contribution is -1.96. The second-order valence-electron chi connectivity index (χ2n) is 2.94. The molecule has 0 atom stereocenters. The Labute approximate surface area is 91.7 Å². The molecule has 0 aliphatic carbocycles. The van der Waals surface area contributed by atoms with Crippen molar-refractivity contribution >= 4 is 31.3 Å². The summed E-state index contributed by atoms with van der Waals surface area (Å²) in [5, 5.41) is 9.34. The van der Waals surface area contributed by atoms with Gasteiger partial charge in [0.05, 0.1) is 10.8 Å². The number of phenols is 1. The molecule has 0 saturated heterocycles. The van der Waals surface area contributed by atoms with Gasteiger partial charge in [-0.2, -0.15) is 0 Å². The predicted molar refractivity (Wildman–Crippen MR) is 56.3 cm³/mol. The summed E-state index contributed by atoms with van der Waals surface area (Å²) < 4.78 is 21.6. The minimum absolute atomic E-state index is 0.0276. The van der Waals surface area contributed by atoms with Crippen LogP contribution in [0.4, 0.5) is 0 Å². The van der Waals surface area contributed by atoms with Gasteiger partial charge in [-0.3, -0.25) is 0 Å². The van der Waals surface area contributed by atoms with Crippen molar-refractivity contribution in [3.8, 4) is 5.75 Å². The molecule has 0 heterocycles. The lowest BCUT2D eigenvalue weighted by molar-refractivity contribution is 0.474. The highest BCUT2D eigenvalue weighted by molar-refractivity contribution is 8.13. The van der Waals surface area contributed by atoms with Gasteiger partial charge in [-0.25, -0.2) is 8.42 Å². The molecule has 14 heavy (non-hydrogen) atoms. The molecule has 1 aromatic carbocycles. The molecule has 3 nitrogen and oxygen atoms in total. The second-order valence-corrected chi connectivity index (χ2v) is 6.10. The van der Waals surface area contributed by atoms with E-state index in [1.54, 1.807) is 13.0 Å². The molecule has 0 amide bonds. The molecule has 78 valence electrons. The third kappa shape index (κ3) is 3.04. The van der Waals surface area contributed by atoms with Crippen LogP contribution in [0.1, 0.15) is 11.1 Å². The zero-order chi connectivity index (χ0) is 10.9. The van der Waals surface area contributed by atoms with Gasteiger partial charge >= 0.3 is 0 Å². The van der Waals surface area contributed by atoms with Crippen molar-refractivity contribution < 1.29 is 13.5 Å². The Bertz CT molecular complexity index is 454. The number of benzene rings is 1. The normalized spacial score (nSPS) is 11.6. The molecule has 0 spiro atoms. The van der Waals surface area contributed by atoms with E-state index in [0.29, 0.717) is 5.56 Å². The summed E-state index contributed by atoms with van der Waals surface area (Å²) >= 11 is 5.70. The van der Waals surface area contributed by atoms with Gasteiger partial charge in [0.25, 0.3) is 0 Å². The van der Waals surface area contributed by atoms with E-state index in [1.807, 2.05) is 0 Å². The maximum atomic E-state index is 10.8. The lowest BCUT2D eigenvalue weighted by Gasteiger charge is -2.05. The average Bonchev–Trinajstić information content (AvgIpc) is 1.96. The molecular weight excluding hydrogens is 247 g/mol. The first-order chi connectivity index (χ1) is 6.29. The maximum Gasteiger partial charge on any atom is 0.236 e. The van der Waals surface area contributed by atoms with Crippen LogP contribution in [0.25, 0.3) is 0 Å². The van der Waals surface area contributed by atoms with Crippen LogP contribution in [0.3, 0.4) is 0 Å². The summed E-state index contributed by atoms with van der Waals surface area (Å²) in [7, 11) is 1.42. The molecule has 0 aliphatic heterocycles. The van der Waals surface area contributed by atoms with Gasteiger partial charge in [0, 0.05) is 10.7 Å². The number of halogens is 2. The van der Waals surface area contributed by atoms with Crippen LogP contribution < -0.4 is 0 Å². The van der Waals surface area contributed by atoms with Gasteiger partial charge in [-0.05, 0) is 24.1 Å². The van der Waals surface area contributed by atoms with Crippen molar-refractivity contribution in [1.82, 2.24) is 0 Å². The first-order valence-electron chi connectivity index (χ1n) is 3.70. The summed E-state index contributed by atoms with van der Waals surface area (Å²) in [4.78, 5) is 0. The Hall–Kier alpha value is -0.450. The SMILES string of the molecule is Cc1cc(O)c(Cl)c(CS(=O)(=O)Cl)c1. The van der Waals surface area contributed by atoms with Crippen LogP contribution >= 0.6 is 22.3 Å². The highest BCUT2D eigenvalue weighted by atomic mass is 35.7. The van der Waals surface area contributed by atoms with E-state index < -0.39 is 9.05 Å². The van der Waals surface area contributed by atoms with Gasteiger partial charge < -0.3 is 5.11 Å². The fraction of sp³-hybridized carbons (Fsp3) is 0.250. The minimum Gasteiger partial charge on any atom is -0.506 e. The summed E-state index contributed by atoms with van der Waals surface area (Å²) in [6, 6.07) is 3.02. The zero-order valence-corrected chi connectivity index (χ0v) is 9.62. The van der Waals surface area contributed by atoms with Gasteiger partial charge in [-0.15, -0.1) is 0 Å². The Morgan fingerprint density at radius 1 is 1.43 bits per heavy atom. The van der Waals surface area contributed by atoms with Crippen LogP contribution in [-0.2, 0) is 14.8 Å². The van der Waals surface area contributed by atoms with Crippen molar-refractivity contribution in [2.24, 2.45) is 0 Å². The van der Waals surface area contributed by atoms with E-state index in [1.165, 1.54) is 6.07 Å². The van der Waals surface area contributed by atoms with E-state index in [2.05, 4.69) is 0 Å². The van der Waals surface area contributed by atoms with E-state index in [0.717, 1.165) is 5.56 Å². The van der Waals surface area contributed by atoms with E-state index in [4.69, 9.17) is 22.3 Å². The van der Waals surface area contributed by atoms with E-state index in [9.17, 15) is 13.5 Å². The standard InChI is InChI=1S/C8H8Cl2O3S/c1-5-2-6(4-14(10,12)13)8(9)7(11)3-5/h2-3,11H,4H2,1H3. The summed E-state index contributed by atoms with van der Waals surface area (Å²) in [5.74, 6) is -0.523. The lowest BCUT2D eigenvalue weighted by atomic mass is 10.1. The topological polar surface area (TPSA) is 54.4 Å². The van der Waals surface area contributed by atoms with Crippen molar-refractivity contribution in [1.29, 1.82) is 0 Å². The molecule has 1 N–H and O–H groups in total. The monoisotopic (exact) mass is 254 g/mol. The highest BCUT2D eigenvalue weighted by Gasteiger charge is 2.13. The Kier molecular flexibility index (Phi) is 3.29. The van der Waals surface area contributed by atoms with Gasteiger partial charge in [-0.1, -0.05) is 17.7 Å². The molecule has 1 aromatic rings. The average molecular weight is 255 g/mol. The fourth-order valence-electron chi connectivity index (χ4n) is 1.11. The first kappa shape index (κ1) is 11.6. The first-order valence-corrected chi connectivity index (χ1v) is 6.55. The zero-order valence-electron chi connectivity index (χ0n) is 7.29. The Morgan fingerprint density at radius 3 is 2.50 bits per heavy atom. The third-order valence-corrected chi connectivity index (χ3v) is 3.02. The fourth-order valence-corrected chi connectivity index (χ4v) is 2.32. The van der Waals surface area contributed by atoms with Crippen molar-refractivity contribution in [2.45, 2.75) is 12.7 Å². The molecular formula is C8H8Cl2O3S. The number of aryl methyl sites for hydroxylation is 1. The summed E-state index contributed by atoms with van der Waals surface area (Å²) in [5.41, 5.74) is 1.03. The van der Waals surface area contributed by atoms with Crippen molar-refractivity contribution in [2.75, 3.05) is 0 Å². The summed E-state index contributed by atoms with van der Waals surface area (Å²) in [6.07, 6.45) is 0. The van der Waals surface area contributed by atoms with Gasteiger partial charge in [0.15, 0.2) is 0 Å². The Morgan fingerprint density at radius 2 is 2.00 bits per heavy atom. The van der Waals surface area contributed by atoms with Crippen LogP contribution in [0.2, 0.25) is 5.02 Å². The number of phenolic OH excluding ortho intramolecular Hbond substituents is 1. The molecule has 0 unspecified atom stereocenters. The van der Waals surface area contributed by atoms with Gasteiger partial charge in [0.2, 0.25) is 9.05 Å². The van der Waals surface area contributed by atoms with Crippen LogP contribution in [-0.4, -0.2) is 13.5 Å². The highest BCUT2D eigenvalue weighted by Crippen LogP contribution is 2.30. The molecule has 0 radical (unpaired) electrons. The smallest absolute Gasteiger partial charge is 0.236 e. The van der Waals surface area contributed by atoms with E-state index in [-0.39, 0.29) is 16.5 Å². The molecule has 0 fully saturated rings. The largest absolute Gasteiger partial charge is 0.506 e. The van der Waals surface area contributed by atoms with E-state index >= 15 is 0 Å². The number of hydrogen-bond acceptors (Lipinski definition) is 3. The maximum absolute atomic E-state index is 10.8. The molecule has 0 saturated carbocycles. The summed E-state index contributed by atoms with van der Waals surface area (Å²) in [6.45, 7) is 1.72. The van der Waals surface area contributed by atoms with Crippen molar-refractivity contribution in [3.63, 3.8) is 0 Å². The molecule has 0 bridgehead atoms. The van der Waals surface area contributed by atoms with Gasteiger partial charge in [0.1, 0.15) is 5.75 Å². The predicted octanol–water partition coefficient (Wildman–Crippen LogP) is 2.42. The molecule has 0 aromatic heterocycles. The quantitative estimate of drug-likeness (QED) is 0.825. The molecule has 1 rings (SSSR count). The van der Waals surface area contributed by atoms with Crippen LogP contribution in [0.15, 0.2) is 12.1 Å². The van der Waals surface area contributed by atoms with Crippen LogP contribution in [0, 0.1) is 6.92 Å². The second kappa shape index (κ2) is 3.96. The minimum atomic E-state index is -3.66.